The second-order valence-electron chi connectivity index (χ2n) is 5.22. The van der Waals surface area contributed by atoms with E-state index in [4.69, 9.17) is 4.74 Å². The molecule has 1 aromatic rings. The van der Waals surface area contributed by atoms with Crippen molar-refractivity contribution in [1.29, 1.82) is 0 Å². The van der Waals surface area contributed by atoms with Crippen LogP contribution in [-0.4, -0.2) is 67.0 Å². The van der Waals surface area contributed by atoms with Crippen LogP contribution >= 0.6 is 0 Å². The summed E-state index contributed by atoms with van der Waals surface area (Å²) in [5, 5.41) is 10.6. The average molecular weight is 357 g/mol. The predicted molar refractivity (Wildman–Crippen MR) is 86.2 cm³/mol. The second kappa shape index (κ2) is 7.58. The Morgan fingerprint density at radius 3 is 2.29 bits per heavy atom. The van der Waals surface area contributed by atoms with Crippen LogP contribution in [-0.2, 0) is 14.8 Å². The van der Waals surface area contributed by atoms with Gasteiger partial charge in [0.25, 0.3) is 11.6 Å². The van der Waals surface area contributed by atoms with E-state index in [9.17, 15) is 23.3 Å². The molecule has 2 rings (SSSR count). The van der Waals surface area contributed by atoms with E-state index >= 15 is 0 Å². The summed E-state index contributed by atoms with van der Waals surface area (Å²) < 4.78 is 30.2. The van der Waals surface area contributed by atoms with Crippen molar-refractivity contribution in [2.75, 3.05) is 38.5 Å². The summed E-state index contributed by atoms with van der Waals surface area (Å²) in [5.41, 5.74) is -0.0538. The zero-order chi connectivity index (χ0) is 17.7. The first-order valence-electron chi connectivity index (χ1n) is 7.46. The average Bonchev–Trinajstić information content (AvgIpc) is 2.60. The van der Waals surface area contributed by atoms with Crippen LogP contribution in [0.2, 0.25) is 0 Å². The molecule has 0 atom stereocenters. The lowest BCUT2D eigenvalue weighted by Gasteiger charge is -2.33. The Hall–Kier alpha value is -2.20. The molecule has 1 aromatic carbocycles. The molecule has 1 aliphatic heterocycles. The summed E-state index contributed by atoms with van der Waals surface area (Å²) in [4.78, 5) is 23.7. The van der Waals surface area contributed by atoms with Gasteiger partial charge in [-0.2, -0.15) is 4.31 Å². The highest BCUT2D eigenvalue weighted by atomic mass is 32.2. The topological polar surface area (TPSA) is 110 Å². The van der Waals surface area contributed by atoms with Crippen molar-refractivity contribution in [2.24, 2.45) is 0 Å². The Morgan fingerprint density at radius 1 is 1.21 bits per heavy atom. The summed E-state index contributed by atoms with van der Waals surface area (Å²) in [5.74, 6) is 0.160. The molecule has 132 valence electrons. The number of rotatable bonds is 6. The molecule has 0 unspecified atom stereocenters. The number of hydrogen-bond acceptors (Lipinski definition) is 6. The molecule has 10 heteroatoms. The molecular weight excluding hydrogens is 338 g/mol. The maximum absolute atomic E-state index is 12.1. The number of carbonyl (C=O) groups is 1. The monoisotopic (exact) mass is 357 g/mol. The van der Waals surface area contributed by atoms with Crippen LogP contribution in [0.1, 0.15) is 6.92 Å². The first-order valence-corrected chi connectivity index (χ1v) is 9.07. The predicted octanol–water partition coefficient (Wildman–Crippen LogP) is 0.468. The van der Waals surface area contributed by atoms with Gasteiger partial charge < -0.3 is 9.64 Å². The van der Waals surface area contributed by atoms with Gasteiger partial charge in [-0.1, -0.05) is 0 Å². The van der Waals surface area contributed by atoms with Crippen LogP contribution in [0, 0.1) is 10.1 Å². The van der Waals surface area contributed by atoms with Gasteiger partial charge in [0.15, 0.2) is 6.61 Å². The molecule has 1 saturated heterocycles. The number of carbonyl (C=O) groups excluding carboxylic acids is 1. The fourth-order valence-electron chi connectivity index (χ4n) is 2.30. The number of non-ortho nitro benzene ring substituents is 1. The van der Waals surface area contributed by atoms with Crippen molar-refractivity contribution >= 4 is 21.6 Å². The quantitative estimate of drug-likeness (QED) is 0.540. The van der Waals surface area contributed by atoms with Gasteiger partial charge in [-0.25, -0.2) is 8.42 Å². The zero-order valence-corrected chi connectivity index (χ0v) is 14.1. The second-order valence-corrected chi connectivity index (χ2v) is 7.48. The number of amides is 1. The van der Waals surface area contributed by atoms with Crippen molar-refractivity contribution in [2.45, 2.75) is 6.92 Å². The van der Waals surface area contributed by atoms with Gasteiger partial charge in [0.1, 0.15) is 5.75 Å². The summed E-state index contributed by atoms with van der Waals surface area (Å²) >= 11 is 0. The number of benzene rings is 1. The van der Waals surface area contributed by atoms with Gasteiger partial charge in [-0.05, 0) is 19.1 Å². The van der Waals surface area contributed by atoms with E-state index < -0.39 is 14.9 Å². The number of nitro groups is 1. The third kappa shape index (κ3) is 4.42. The van der Waals surface area contributed by atoms with E-state index in [-0.39, 0.29) is 37.0 Å². The molecule has 1 heterocycles. The van der Waals surface area contributed by atoms with Crippen molar-refractivity contribution < 1.29 is 22.9 Å². The SMILES string of the molecule is CCS(=O)(=O)N1CCN(C(=O)COc2ccc([N+](=O)[O-])cc2)CC1. The van der Waals surface area contributed by atoms with Crippen LogP contribution < -0.4 is 4.74 Å². The fraction of sp³-hybridized carbons (Fsp3) is 0.500. The molecule has 1 fully saturated rings. The largest absolute Gasteiger partial charge is 0.484 e. The number of nitro benzene ring substituents is 1. The molecule has 0 bridgehead atoms. The Bertz CT molecular complexity index is 696. The van der Waals surface area contributed by atoms with E-state index in [1.165, 1.54) is 28.6 Å². The summed E-state index contributed by atoms with van der Waals surface area (Å²) in [6, 6.07) is 5.46. The standard InChI is InChI=1S/C14H19N3O6S/c1-2-24(21,22)16-9-7-15(8-10-16)14(18)11-23-13-5-3-12(4-6-13)17(19)20/h3-6H,2,7-11H2,1H3. The van der Waals surface area contributed by atoms with Crippen LogP contribution in [0.15, 0.2) is 24.3 Å². The number of ether oxygens (including phenoxy) is 1. The lowest BCUT2D eigenvalue weighted by atomic mass is 10.3. The molecule has 0 spiro atoms. The summed E-state index contributed by atoms with van der Waals surface area (Å²) in [6.45, 7) is 2.59. The lowest BCUT2D eigenvalue weighted by molar-refractivity contribution is -0.384. The van der Waals surface area contributed by atoms with Crippen LogP contribution in [0.25, 0.3) is 0 Å². The fourth-order valence-corrected chi connectivity index (χ4v) is 3.38. The molecule has 1 aliphatic rings. The minimum absolute atomic E-state index is 0.0458. The molecular formula is C14H19N3O6S. The Balaban J connectivity index is 1.82. The number of sulfonamides is 1. The first-order chi connectivity index (χ1) is 11.3. The molecule has 0 aliphatic carbocycles. The maximum atomic E-state index is 12.1. The van der Waals surface area contributed by atoms with Gasteiger partial charge in [0.2, 0.25) is 10.0 Å². The molecule has 24 heavy (non-hydrogen) atoms. The van der Waals surface area contributed by atoms with Gasteiger partial charge in [0, 0.05) is 38.3 Å². The zero-order valence-electron chi connectivity index (χ0n) is 13.3. The molecule has 1 amide bonds. The van der Waals surface area contributed by atoms with Crippen molar-refractivity contribution in [3.63, 3.8) is 0 Å². The molecule has 0 N–H and O–H groups in total. The molecule has 0 saturated carbocycles. The normalized spacial score (nSPS) is 16.0. The van der Waals surface area contributed by atoms with Crippen LogP contribution in [0.5, 0.6) is 5.75 Å². The summed E-state index contributed by atoms with van der Waals surface area (Å²) in [6.07, 6.45) is 0. The van der Waals surface area contributed by atoms with Gasteiger partial charge >= 0.3 is 0 Å². The van der Waals surface area contributed by atoms with Crippen LogP contribution in [0.3, 0.4) is 0 Å². The third-order valence-electron chi connectivity index (χ3n) is 3.76. The Kier molecular flexibility index (Phi) is 5.73. The highest BCUT2D eigenvalue weighted by Crippen LogP contribution is 2.17. The number of hydrogen-bond donors (Lipinski definition) is 0. The highest BCUT2D eigenvalue weighted by molar-refractivity contribution is 7.89. The minimum atomic E-state index is -3.23. The van der Waals surface area contributed by atoms with Crippen LogP contribution in [0.4, 0.5) is 5.69 Å². The van der Waals surface area contributed by atoms with E-state index in [1.54, 1.807) is 11.8 Å². The number of piperazine rings is 1. The minimum Gasteiger partial charge on any atom is -0.484 e. The van der Waals surface area contributed by atoms with Gasteiger partial charge in [-0.15, -0.1) is 0 Å². The summed E-state index contributed by atoms with van der Waals surface area (Å²) in [7, 11) is -3.23. The first kappa shape index (κ1) is 18.1. The molecule has 9 nitrogen and oxygen atoms in total. The van der Waals surface area contributed by atoms with Crippen molar-refractivity contribution in [3.05, 3.63) is 34.4 Å². The lowest BCUT2D eigenvalue weighted by Crippen LogP contribution is -2.51. The Labute approximate surface area is 140 Å². The van der Waals surface area contributed by atoms with Crippen molar-refractivity contribution in [3.8, 4) is 5.75 Å². The van der Waals surface area contributed by atoms with Gasteiger partial charge in [-0.3, -0.25) is 14.9 Å². The van der Waals surface area contributed by atoms with E-state index in [0.717, 1.165) is 0 Å². The Morgan fingerprint density at radius 2 is 1.79 bits per heavy atom. The smallest absolute Gasteiger partial charge is 0.269 e. The van der Waals surface area contributed by atoms with E-state index in [2.05, 4.69) is 0 Å². The van der Waals surface area contributed by atoms with E-state index in [0.29, 0.717) is 18.8 Å². The van der Waals surface area contributed by atoms with Gasteiger partial charge in [0.05, 0.1) is 10.7 Å². The maximum Gasteiger partial charge on any atom is 0.269 e. The third-order valence-corrected chi connectivity index (χ3v) is 5.64. The molecule has 0 radical (unpaired) electrons. The van der Waals surface area contributed by atoms with Crippen molar-refractivity contribution in [1.82, 2.24) is 9.21 Å². The highest BCUT2D eigenvalue weighted by Gasteiger charge is 2.27. The molecule has 0 aromatic heterocycles. The van der Waals surface area contributed by atoms with E-state index in [1.807, 2.05) is 0 Å². The number of nitrogens with zero attached hydrogens (tertiary/aromatic N) is 3.